The zero-order chi connectivity index (χ0) is 21.3. The number of anilines is 1. The average Bonchev–Trinajstić information content (AvgIpc) is 2.67. The lowest BCUT2D eigenvalue weighted by atomic mass is 10.0. The Bertz CT molecular complexity index is 612. The van der Waals surface area contributed by atoms with Crippen LogP contribution in [0, 0.1) is 11.6 Å². The summed E-state index contributed by atoms with van der Waals surface area (Å²) < 4.78 is 25.9. The topological polar surface area (TPSA) is 78.4 Å². The van der Waals surface area contributed by atoms with E-state index >= 15 is 0 Å². The average molecular weight is 413 g/mol. The minimum absolute atomic E-state index is 0.224. The van der Waals surface area contributed by atoms with Crippen LogP contribution in [0.15, 0.2) is 18.2 Å². The van der Waals surface area contributed by atoms with E-state index < -0.39 is 23.6 Å². The molecule has 0 aliphatic heterocycles. The molecular formula is C22H34F2N2O3. The van der Waals surface area contributed by atoms with Crippen molar-refractivity contribution in [3.63, 3.8) is 0 Å². The number of urea groups is 1. The Labute approximate surface area is 172 Å². The van der Waals surface area contributed by atoms with E-state index in [2.05, 4.69) is 10.6 Å². The molecule has 0 spiro atoms. The molecule has 0 heterocycles. The predicted molar refractivity (Wildman–Crippen MR) is 111 cm³/mol. The normalized spacial score (nSPS) is 10.7. The number of aliphatic carboxylic acids is 1. The van der Waals surface area contributed by atoms with Crippen molar-refractivity contribution in [2.75, 3.05) is 11.9 Å². The maximum absolute atomic E-state index is 13.1. The smallest absolute Gasteiger partial charge is 0.319 e. The number of amides is 2. The Balaban J connectivity index is 1.85. The van der Waals surface area contributed by atoms with Gasteiger partial charge in [-0.1, -0.05) is 64.2 Å². The van der Waals surface area contributed by atoms with E-state index in [1.54, 1.807) is 0 Å². The van der Waals surface area contributed by atoms with Gasteiger partial charge in [0.05, 0.1) is 0 Å². The van der Waals surface area contributed by atoms with E-state index in [9.17, 15) is 18.4 Å². The van der Waals surface area contributed by atoms with Gasteiger partial charge in [-0.05, 0) is 25.0 Å². The van der Waals surface area contributed by atoms with E-state index in [4.69, 9.17) is 5.11 Å². The molecular weight excluding hydrogens is 378 g/mol. The molecule has 0 aliphatic rings. The summed E-state index contributed by atoms with van der Waals surface area (Å²) in [6.07, 6.45) is 13.6. The number of rotatable bonds is 16. The van der Waals surface area contributed by atoms with Crippen LogP contribution in [0.2, 0.25) is 0 Å². The van der Waals surface area contributed by atoms with Crippen LogP contribution in [0.3, 0.4) is 0 Å². The van der Waals surface area contributed by atoms with Gasteiger partial charge in [0.2, 0.25) is 0 Å². The summed E-state index contributed by atoms with van der Waals surface area (Å²) in [5.74, 6) is -2.63. The van der Waals surface area contributed by atoms with E-state index in [-0.39, 0.29) is 12.1 Å². The molecule has 0 unspecified atom stereocenters. The van der Waals surface area contributed by atoms with Gasteiger partial charge in [-0.25, -0.2) is 13.6 Å². The molecule has 29 heavy (non-hydrogen) atoms. The van der Waals surface area contributed by atoms with Gasteiger partial charge >= 0.3 is 12.0 Å². The number of halogens is 2. The summed E-state index contributed by atoms with van der Waals surface area (Å²) in [5, 5.41) is 13.7. The molecule has 0 saturated heterocycles. The minimum Gasteiger partial charge on any atom is -0.481 e. The van der Waals surface area contributed by atoms with Gasteiger partial charge in [-0.3, -0.25) is 4.79 Å². The maximum atomic E-state index is 13.1. The highest BCUT2D eigenvalue weighted by Gasteiger charge is 2.05. The lowest BCUT2D eigenvalue weighted by molar-refractivity contribution is -0.137. The first kappa shape index (κ1) is 24.9. The molecule has 0 radical (unpaired) electrons. The summed E-state index contributed by atoms with van der Waals surface area (Å²) >= 11 is 0. The van der Waals surface area contributed by atoms with Gasteiger partial charge < -0.3 is 15.7 Å². The molecule has 3 N–H and O–H groups in total. The molecule has 1 rings (SSSR count). The van der Waals surface area contributed by atoms with Crippen molar-refractivity contribution in [2.24, 2.45) is 0 Å². The SMILES string of the molecule is O=C(O)CCCCCCCCCCCCCCNC(=O)Nc1ccc(F)c(F)c1. The molecule has 1 aromatic carbocycles. The highest BCUT2D eigenvalue weighted by Crippen LogP contribution is 2.14. The number of hydrogen-bond donors (Lipinski definition) is 3. The van der Waals surface area contributed by atoms with Crippen LogP contribution in [0.25, 0.3) is 0 Å². The Morgan fingerprint density at radius 1 is 0.759 bits per heavy atom. The lowest BCUT2D eigenvalue weighted by Gasteiger charge is -2.08. The van der Waals surface area contributed by atoms with Crippen molar-refractivity contribution in [3.05, 3.63) is 29.8 Å². The molecule has 0 aliphatic carbocycles. The fourth-order valence-electron chi connectivity index (χ4n) is 3.12. The standard InChI is InChI=1S/C22H34F2N2O3/c23-19-15-14-18(17-20(19)24)26-22(29)25-16-12-10-8-6-4-2-1-3-5-7-9-11-13-21(27)28/h14-15,17H,1-13,16H2,(H,27,28)(H2,25,26,29). The molecule has 0 fully saturated rings. The number of carboxylic acids is 1. The fraction of sp³-hybridized carbons (Fsp3) is 0.636. The number of unbranched alkanes of at least 4 members (excludes halogenated alkanes) is 11. The van der Waals surface area contributed by atoms with Crippen LogP contribution in [0.4, 0.5) is 19.3 Å². The third-order valence-corrected chi connectivity index (χ3v) is 4.78. The monoisotopic (exact) mass is 412 g/mol. The third kappa shape index (κ3) is 13.6. The molecule has 1 aromatic rings. The lowest BCUT2D eigenvalue weighted by Crippen LogP contribution is -2.29. The molecule has 0 aromatic heterocycles. The van der Waals surface area contributed by atoms with Crippen LogP contribution in [0.1, 0.15) is 83.5 Å². The number of carbonyl (C=O) groups excluding carboxylic acids is 1. The summed E-state index contributed by atoms with van der Waals surface area (Å²) in [7, 11) is 0. The molecule has 5 nitrogen and oxygen atoms in total. The molecule has 2 amide bonds. The zero-order valence-electron chi connectivity index (χ0n) is 17.2. The molecule has 0 saturated carbocycles. The van der Waals surface area contributed by atoms with Gasteiger partial charge in [0.15, 0.2) is 11.6 Å². The predicted octanol–water partition coefficient (Wildman–Crippen LogP) is 6.24. The van der Waals surface area contributed by atoms with Crippen LogP contribution in [-0.2, 0) is 4.79 Å². The molecule has 164 valence electrons. The summed E-state index contributed by atoms with van der Waals surface area (Å²) in [6, 6.07) is 2.83. The Hall–Kier alpha value is -2.18. The molecule has 0 bridgehead atoms. The second-order valence-electron chi connectivity index (χ2n) is 7.40. The summed E-state index contributed by atoms with van der Waals surface area (Å²) in [6.45, 7) is 0.553. The number of nitrogens with one attached hydrogen (secondary N) is 2. The number of benzene rings is 1. The van der Waals surface area contributed by atoms with Crippen molar-refractivity contribution in [1.82, 2.24) is 5.32 Å². The van der Waals surface area contributed by atoms with Crippen LogP contribution < -0.4 is 10.6 Å². The first-order valence-electron chi connectivity index (χ1n) is 10.7. The Kier molecular flexibility index (Phi) is 13.5. The second kappa shape index (κ2) is 15.7. The number of hydrogen-bond acceptors (Lipinski definition) is 2. The van der Waals surface area contributed by atoms with Crippen LogP contribution >= 0.6 is 0 Å². The van der Waals surface area contributed by atoms with Gasteiger partial charge in [0, 0.05) is 24.7 Å². The number of carbonyl (C=O) groups is 2. The van der Waals surface area contributed by atoms with Crippen molar-refractivity contribution in [1.29, 1.82) is 0 Å². The first-order chi connectivity index (χ1) is 14.0. The van der Waals surface area contributed by atoms with Crippen molar-refractivity contribution in [2.45, 2.75) is 83.5 Å². The third-order valence-electron chi connectivity index (χ3n) is 4.78. The van der Waals surface area contributed by atoms with Crippen LogP contribution in [0.5, 0.6) is 0 Å². The molecule has 0 atom stereocenters. The summed E-state index contributed by atoms with van der Waals surface area (Å²) in [5.41, 5.74) is 0.224. The number of carboxylic acid groups (broad SMARTS) is 1. The van der Waals surface area contributed by atoms with Gasteiger partial charge in [0.1, 0.15) is 0 Å². The Morgan fingerprint density at radius 2 is 1.28 bits per heavy atom. The van der Waals surface area contributed by atoms with E-state index in [0.29, 0.717) is 6.54 Å². The van der Waals surface area contributed by atoms with Gasteiger partial charge in [0.25, 0.3) is 0 Å². The summed E-state index contributed by atoms with van der Waals surface area (Å²) in [4.78, 5) is 22.1. The quantitative estimate of drug-likeness (QED) is 0.281. The highest BCUT2D eigenvalue weighted by atomic mass is 19.2. The van der Waals surface area contributed by atoms with Crippen LogP contribution in [-0.4, -0.2) is 23.7 Å². The maximum Gasteiger partial charge on any atom is 0.319 e. The van der Waals surface area contributed by atoms with E-state index in [1.165, 1.54) is 44.6 Å². The molecule has 7 heteroatoms. The van der Waals surface area contributed by atoms with E-state index in [0.717, 1.165) is 50.7 Å². The van der Waals surface area contributed by atoms with Gasteiger partial charge in [-0.2, -0.15) is 0 Å². The van der Waals surface area contributed by atoms with Crippen molar-refractivity contribution >= 4 is 17.7 Å². The van der Waals surface area contributed by atoms with Crippen molar-refractivity contribution < 1.29 is 23.5 Å². The van der Waals surface area contributed by atoms with E-state index in [1.807, 2.05) is 0 Å². The van der Waals surface area contributed by atoms with Crippen molar-refractivity contribution in [3.8, 4) is 0 Å². The fourth-order valence-corrected chi connectivity index (χ4v) is 3.12. The Morgan fingerprint density at radius 3 is 1.79 bits per heavy atom. The zero-order valence-corrected chi connectivity index (χ0v) is 17.2. The van der Waals surface area contributed by atoms with Gasteiger partial charge in [-0.15, -0.1) is 0 Å². The first-order valence-corrected chi connectivity index (χ1v) is 10.7. The minimum atomic E-state index is -0.987. The highest BCUT2D eigenvalue weighted by molar-refractivity contribution is 5.89. The second-order valence-corrected chi connectivity index (χ2v) is 7.40. The largest absolute Gasteiger partial charge is 0.481 e.